The maximum atomic E-state index is 12.6. The molecule has 1 atom stereocenters. The number of methoxy groups -OCH3 is 1. The zero-order valence-electron chi connectivity index (χ0n) is 15.9. The van der Waals surface area contributed by atoms with Crippen molar-refractivity contribution in [3.8, 4) is 5.75 Å². The number of nitrogens with zero attached hydrogens (tertiary/aromatic N) is 2. The molecule has 0 bridgehead atoms. The summed E-state index contributed by atoms with van der Waals surface area (Å²) in [5.74, 6) is 1.06. The minimum Gasteiger partial charge on any atom is -0.497 e. The molecule has 2 aromatic rings. The van der Waals surface area contributed by atoms with E-state index in [0.29, 0.717) is 6.54 Å². The second-order valence-corrected chi connectivity index (χ2v) is 7.28. The number of piperazine rings is 1. The van der Waals surface area contributed by atoms with E-state index in [-0.39, 0.29) is 11.9 Å². The Morgan fingerprint density at radius 2 is 1.70 bits per heavy atom. The lowest BCUT2D eigenvalue weighted by Crippen LogP contribution is -2.87. The number of carbonyl (C=O) groups excluding carboxylic acids is 1. The summed E-state index contributed by atoms with van der Waals surface area (Å²) in [6.45, 7) is 5.79. The van der Waals surface area contributed by atoms with Gasteiger partial charge in [0.25, 0.3) is 5.91 Å². The summed E-state index contributed by atoms with van der Waals surface area (Å²) in [5, 5.41) is 2.82. The summed E-state index contributed by atoms with van der Waals surface area (Å²) in [5.41, 5.74) is 2.35. The molecule has 1 aliphatic rings. The minimum atomic E-state index is 0.199. The third kappa shape index (κ3) is 5.15. The lowest BCUT2D eigenvalue weighted by Gasteiger charge is -2.36. The molecule has 0 radical (unpaired) electrons. The first-order valence-corrected chi connectivity index (χ1v) is 9.70. The maximum Gasteiger partial charge on any atom is 0.277 e. The summed E-state index contributed by atoms with van der Waals surface area (Å²) in [7, 11) is 1.67. The van der Waals surface area contributed by atoms with Crippen molar-refractivity contribution in [3.05, 3.63) is 59.1 Å². The Kier molecular flexibility index (Phi) is 6.58. The molecular weight excluding hydrogens is 362 g/mol. The SMILES string of the molecule is COc1ccc(N2CCN(C(=O)C[NH2+][C@@H](C)c3ccc(Cl)cc3)CC2)cc1. The molecule has 1 aliphatic heterocycles. The molecule has 0 saturated carbocycles. The van der Waals surface area contributed by atoms with Crippen LogP contribution in [-0.4, -0.2) is 50.6 Å². The molecule has 1 saturated heterocycles. The van der Waals surface area contributed by atoms with Gasteiger partial charge in [-0.15, -0.1) is 0 Å². The van der Waals surface area contributed by atoms with Crippen molar-refractivity contribution in [1.82, 2.24) is 4.90 Å². The number of hydrogen-bond acceptors (Lipinski definition) is 3. The van der Waals surface area contributed by atoms with E-state index in [1.807, 2.05) is 41.3 Å². The lowest BCUT2D eigenvalue weighted by atomic mass is 10.1. The van der Waals surface area contributed by atoms with Crippen LogP contribution in [0.1, 0.15) is 18.5 Å². The van der Waals surface area contributed by atoms with Gasteiger partial charge in [-0.3, -0.25) is 4.79 Å². The smallest absolute Gasteiger partial charge is 0.277 e. The first kappa shape index (κ1) is 19.5. The van der Waals surface area contributed by atoms with Crippen LogP contribution in [-0.2, 0) is 4.79 Å². The van der Waals surface area contributed by atoms with E-state index in [1.165, 1.54) is 11.3 Å². The molecule has 1 heterocycles. The highest BCUT2D eigenvalue weighted by molar-refractivity contribution is 6.30. The van der Waals surface area contributed by atoms with E-state index in [0.717, 1.165) is 37.0 Å². The van der Waals surface area contributed by atoms with Gasteiger partial charge in [-0.1, -0.05) is 23.7 Å². The Labute approximate surface area is 165 Å². The maximum absolute atomic E-state index is 12.6. The van der Waals surface area contributed by atoms with Crippen LogP contribution in [0.5, 0.6) is 5.75 Å². The van der Waals surface area contributed by atoms with E-state index < -0.39 is 0 Å². The average Bonchev–Trinajstić information content (AvgIpc) is 2.72. The van der Waals surface area contributed by atoms with Gasteiger partial charge < -0.3 is 19.9 Å². The molecule has 5 nitrogen and oxygen atoms in total. The van der Waals surface area contributed by atoms with Gasteiger partial charge in [0.15, 0.2) is 6.54 Å². The second-order valence-electron chi connectivity index (χ2n) is 6.85. The summed E-state index contributed by atoms with van der Waals surface area (Å²) < 4.78 is 5.21. The number of nitrogens with two attached hydrogens (primary N) is 1. The summed E-state index contributed by atoms with van der Waals surface area (Å²) in [4.78, 5) is 16.8. The average molecular weight is 389 g/mol. The van der Waals surface area contributed by atoms with E-state index in [9.17, 15) is 4.79 Å². The summed E-state index contributed by atoms with van der Waals surface area (Å²) >= 11 is 5.94. The number of ether oxygens (including phenoxy) is 1. The molecule has 0 aromatic heterocycles. The number of anilines is 1. The first-order valence-electron chi connectivity index (χ1n) is 9.32. The van der Waals surface area contributed by atoms with E-state index >= 15 is 0 Å². The number of rotatable bonds is 6. The normalized spacial score (nSPS) is 15.5. The number of hydrogen-bond donors (Lipinski definition) is 1. The van der Waals surface area contributed by atoms with Crippen LogP contribution in [0.25, 0.3) is 0 Å². The fraction of sp³-hybridized carbons (Fsp3) is 0.381. The Bertz CT molecular complexity index is 741. The Hall–Kier alpha value is -2.24. The third-order valence-electron chi connectivity index (χ3n) is 5.11. The van der Waals surface area contributed by atoms with Gasteiger partial charge in [0.05, 0.1) is 7.11 Å². The van der Waals surface area contributed by atoms with Crippen molar-refractivity contribution in [2.45, 2.75) is 13.0 Å². The molecule has 27 heavy (non-hydrogen) atoms. The van der Waals surface area contributed by atoms with Crippen LogP contribution in [0.15, 0.2) is 48.5 Å². The van der Waals surface area contributed by atoms with Crippen molar-refractivity contribution in [2.24, 2.45) is 0 Å². The van der Waals surface area contributed by atoms with Gasteiger partial charge in [-0.25, -0.2) is 0 Å². The zero-order valence-corrected chi connectivity index (χ0v) is 16.7. The van der Waals surface area contributed by atoms with Gasteiger partial charge in [0.2, 0.25) is 0 Å². The number of quaternary nitrogens is 1. The van der Waals surface area contributed by atoms with Crippen molar-refractivity contribution in [1.29, 1.82) is 0 Å². The highest BCUT2D eigenvalue weighted by Gasteiger charge is 2.23. The van der Waals surface area contributed by atoms with Crippen molar-refractivity contribution < 1.29 is 14.8 Å². The molecule has 0 unspecified atom stereocenters. The largest absolute Gasteiger partial charge is 0.497 e. The molecule has 2 N–H and O–H groups in total. The van der Waals surface area contributed by atoms with Crippen LogP contribution in [0.4, 0.5) is 5.69 Å². The molecule has 1 fully saturated rings. The number of benzene rings is 2. The minimum absolute atomic E-state index is 0.199. The molecular formula is C21H27ClN3O2+. The van der Waals surface area contributed by atoms with Crippen LogP contribution in [0.3, 0.4) is 0 Å². The predicted molar refractivity (Wildman–Crippen MR) is 108 cm³/mol. The number of carbonyl (C=O) groups is 1. The van der Waals surface area contributed by atoms with E-state index in [4.69, 9.17) is 16.3 Å². The van der Waals surface area contributed by atoms with Crippen molar-refractivity contribution >= 4 is 23.2 Å². The Balaban J connectivity index is 1.45. The number of amides is 1. The Morgan fingerprint density at radius 3 is 2.30 bits per heavy atom. The highest BCUT2D eigenvalue weighted by Crippen LogP contribution is 2.20. The highest BCUT2D eigenvalue weighted by atomic mass is 35.5. The molecule has 1 amide bonds. The van der Waals surface area contributed by atoms with Crippen molar-refractivity contribution in [3.63, 3.8) is 0 Å². The topological polar surface area (TPSA) is 49.4 Å². The van der Waals surface area contributed by atoms with Crippen LogP contribution >= 0.6 is 11.6 Å². The van der Waals surface area contributed by atoms with Gasteiger partial charge in [-0.05, 0) is 43.3 Å². The fourth-order valence-electron chi connectivity index (χ4n) is 3.32. The van der Waals surface area contributed by atoms with E-state index in [2.05, 4.69) is 29.3 Å². The summed E-state index contributed by atoms with van der Waals surface area (Å²) in [6, 6.07) is 16.1. The lowest BCUT2D eigenvalue weighted by molar-refractivity contribution is -0.683. The zero-order chi connectivity index (χ0) is 19.2. The van der Waals surface area contributed by atoms with Gasteiger partial charge in [0, 0.05) is 42.5 Å². The monoisotopic (exact) mass is 388 g/mol. The quantitative estimate of drug-likeness (QED) is 0.826. The van der Waals surface area contributed by atoms with Crippen molar-refractivity contribution in [2.75, 3.05) is 44.7 Å². The molecule has 2 aromatic carbocycles. The third-order valence-corrected chi connectivity index (χ3v) is 5.36. The fourth-order valence-corrected chi connectivity index (χ4v) is 3.44. The summed E-state index contributed by atoms with van der Waals surface area (Å²) in [6.07, 6.45) is 0. The first-order chi connectivity index (χ1) is 13.1. The predicted octanol–water partition coefficient (Wildman–Crippen LogP) is 2.32. The van der Waals surface area contributed by atoms with Crippen LogP contribution < -0.4 is 15.0 Å². The molecule has 144 valence electrons. The molecule has 0 spiro atoms. The van der Waals surface area contributed by atoms with Crippen LogP contribution in [0, 0.1) is 0 Å². The van der Waals surface area contributed by atoms with E-state index in [1.54, 1.807) is 7.11 Å². The molecule has 3 rings (SSSR count). The Morgan fingerprint density at radius 1 is 1.07 bits per heavy atom. The van der Waals surface area contributed by atoms with Gasteiger partial charge >= 0.3 is 0 Å². The van der Waals surface area contributed by atoms with Gasteiger partial charge in [-0.2, -0.15) is 0 Å². The standard InChI is InChI=1S/C21H26ClN3O2/c1-16(17-3-5-18(22)6-4-17)23-15-21(26)25-13-11-24(12-14-25)19-7-9-20(27-2)10-8-19/h3-10,16,23H,11-15H2,1-2H3/p+1/t16-/m0/s1. The molecule has 6 heteroatoms. The number of halogens is 1. The molecule has 0 aliphatic carbocycles. The van der Waals surface area contributed by atoms with Gasteiger partial charge in [0.1, 0.15) is 11.8 Å². The second kappa shape index (κ2) is 9.11. The van der Waals surface area contributed by atoms with Crippen LogP contribution in [0.2, 0.25) is 5.02 Å².